The number of pyridine rings is 1. The van der Waals surface area contributed by atoms with Gasteiger partial charge in [-0.1, -0.05) is 18.2 Å². The number of hydrogen-bond donors (Lipinski definition) is 1. The largest absolute Gasteiger partial charge is 0.493 e. The average Bonchev–Trinajstić information content (AvgIpc) is 3.19. The van der Waals surface area contributed by atoms with Gasteiger partial charge in [-0.25, -0.2) is 0 Å². The molecule has 5 heteroatoms. The van der Waals surface area contributed by atoms with E-state index in [1.807, 2.05) is 19.3 Å². The van der Waals surface area contributed by atoms with E-state index in [0.717, 1.165) is 60.3 Å². The fourth-order valence-electron chi connectivity index (χ4n) is 4.61. The van der Waals surface area contributed by atoms with Gasteiger partial charge in [-0.05, 0) is 68.1 Å². The summed E-state index contributed by atoms with van der Waals surface area (Å²) in [6.45, 7) is 5.64. The van der Waals surface area contributed by atoms with Crippen molar-refractivity contribution in [3.63, 3.8) is 0 Å². The predicted octanol–water partition coefficient (Wildman–Crippen LogP) is 4.04. The molecule has 3 heterocycles. The summed E-state index contributed by atoms with van der Waals surface area (Å²) in [5, 5.41) is 2.17. The van der Waals surface area contributed by atoms with E-state index in [1.165, 1.54) is 5.56 Å². The Labute approximate surface area is 177 Å². The zero-order chi connectivity index (χ0) is 20.5. The maximum Gasteiger partial charge on any atom is 0.128 e. The van der Waals surface area contributed by atoms with Crippen molar-refractivity contribution in [2.75, 3.05) is 19.7 Å². The van der Waals surface area contributed by atoms with Gasteiger partial charge in [0.25, 0.3) is 0 Å². The lowest BCUT2D eigenvalue weighted by atomic mass is 9.97. The molecule has 1 aromatic heterocycles. The van der Waals surface area contributed by atoms with Crippen molar-refractivity contribution in [2.24, 2.45) is 11.7 Å². The number of rotatable bonds is 5. The first-order valence-electron chi connectivity index (χ1n) is 11.0. The molecule has 1 aliphatic carbocycles. The van der Waals surface area contributed by atoms with Crippen molar-refractivity contribution in [1.82, 2.24) is 9.88 Å². The number of fused-ring (bicyclic) bond motifs is 2. The minimum Gasteiger partial charge on any atom is -0.493 e. The molecule has 0 bridgehead atoms. The van der Waals surface area contributed by atoms with E-state index in [-0.39, 0.29) is 12.0 Å². The Hall–Kier alpha value is -2.63. The summed E-state index contributed by atoms with van der Waals surface area (Å²) in [7, 11) is 0. The van der Waals surface area contributed by atoms with Crippen LogP contribution in [0, 0.1) is 5.92 Å². The fourth-order valence-corrected chi connectivity index (χ4v) is 4.61. The highest BCUT2D eigenvalue weighted by atomic mass is 16.5. The molecule has 1 saturated heterocycles. The van der Waals surface area contributed by atoms with E-state index >= 15 is 0 Å². The Morgan fingerprint density at radius 1 is 1.13 bits per heavy atom. The van der Waals surface area contributed by atoms with Crippen LogP contribution in [-0.4, -0.2) is 41.7 Å². The number of hydrogen-bond acceptors (Lipinski definition) is 5. The van der Waals surface area contributed by atoms with Gasteiger partial charge in [0, 0.05) is 41.8 Å². The molecular formula is C25H29N3O2. The highest BCUT2D eigenvalue weighted by Gasteiger charge is 2.28. The van der Waals surface area contributed by atoms with Crippen LogP contribution in [0.5, 0.6) is 5.75 Å². The van der Waals surface area contributed by atoms with Crippen LogP contribution in [0.25, 0.3) is 16.5 Å². The lowest BCUT2D eigenvalue weighted by Crippen LogP contribution is -2.39. The Morgan fingerprint density at radius 2 is 1.97 bits per heavy atom. The summed E-state index contributed by atoms with van der Waals surface area (Å²) in [5.41, 5.74) is 8.37. The fraction of sp³-hybridized carbons (Fsp3) is 0.400. The van der Waals surface area contributed by atoms with Gasteiger partial charge in [-0.15, -0.1) is 0 Å². The number of ether oxygens (including phenoxy) is 2. The molecule has 0 amide bonds. The van der Waals surface area contributed by atoms with Crippen LogP contribution in [0.15, 0.2) is 54.9 Å². The van der Waals surface area contributed by atoms with Crippen molar-refractivity contribution >= 4 is 16.5 Å². The second kappa shape index (κ2) is 8.25. The van der Waals surface area contributed by atoms with E-state index in [2.05, 4.69) is 52.4 Å². The van der Waals surface area contributed by atoms with Crippen molar-refractivity contribution in [3.8, 4) is 5.75 Å². The van der Waals surface area contributed by atoms with Crippen LogP contribution in [-0.2, 0) is 11.3 Å². The minimum atomic E-state index is 0.0763. The molecule has 2 unspecified atom stereocenters. The molecule has 0 radical (unpaired) electrons. The topological polar surface area (TPSA) is 60.6 Å². The average molecular weight is 404 g/mol. The summed E-state index contributed by atoms with van der Waals surface area (Å²) in [5.74, 6) is 2.08. The lowest BCUT2D eigenvalue weighted by Gasteiger charge is -2.30. The third-order valence-electron chi connectivity index (χ3n) is 6.23. The maximum atomic E-state index is 6.28. The molecule has 2 atom stereocenters. The van der Waals surface area contributed by atoms with Crippen molar-refractivity contribution < 1.29 is 9.47 Å². The number of nitrogens with zero attached hydrogens (tertiary/aromatic N) is 2. The van der Waals surface area contributed by atoms with Crippen molar-refractivity contribution in [2.45, 2.75) is 38.5 Å². The molecule has 1 fully saturated rings. The number of likely N-dealkylation sites (tertiary alicyclic amines) is 1. The predicted molar refractivity (Wildman–Crippen MR) is 120 cm³/mol. The van der Waals surface area contributed by atoms with Crippen LogP contribution in [0.4, 0.5) is 0 Å². The van der Waals surface area contributed by atoms with E-state index in [0.29, 0.717) is 12.6 Å². The van der Waals surface area contributed by atoms with E-state index in [9.17, 15) is 0 Å². The molecule has 0 saturated carbocycles. The standard InChI is InChI=1S/C25H29N3O2/c1-2-29-24-12-17(16-28-9-7-19(26)8-10-28)11-20-21(24)14-27-15-22(20)25-13-18-5-3-4-6-23(18)30-25/h3-6,11-15,18-19,23H,2,7-10,16,26H2,1H3. The number of nitrogens with two attached hydrogens (primary N) is 1. The van der Waals surface area contributed by atoms with Gasteiger partial charge in [0.05, 0.1) is 6.61 Å². The number of benzene rings is 1. The van der Waals surface area contributed by atoms with Gasteiger partial charge < -0.3 is 15.2 Å². The maximum absolute atomic E-state index is 6.28. The quantitative estimate of drug-likeness (QED) is 0.816. The Morgan fingerprint density at radius 3 is 2.77 bits per heavy atom. The Balaban J connectivity index is 1.52. The summed E-state index contributed by atoms with van der Waals surface area (Å²) >= 11 is 0. The monoisotopic (exact) mass is 403 g/mol. The van der Waals surface area contributed by atoms with Crippen molar-refractivity contribution in [1.29, 1.82) is 0 Å². The van der Waals surface area contributed by atoms with Crippen LogP contribution >= 0.6 is 0 Å². The van der Waals surface area contributed by atoms with Crippen molar-refractivity contribution in [3.05, 3.63) is 66.0 Å². The molecule has 1 aromatic carbocycles. The highest BCUT2D eigenvalue weighted by Crippen LogP contribution is 2.38. The minimum absolute atomic E-state index is 0.0763. The molecule has 2 aliphatic heterocycles. The van der Waals surface area contributed by atoms with Gasteiger partial charge >= 0.3 is 0 Å². The molecular weight excluding hydrogens is 374 g/mol. The third kappa shape index (κ3) is 3.75. The smallest absolute Gasteiger partial charge is 0.128 e. The van der Waals surface area contributed by atoms with E-state index in [1.54, 1.807) is 0 Å². The highest BCUT2D eigenvalue weighted by molar-refractivity contribution is 5.96. The van der Waals surface area contributed by atoms with Crippen LogP contribution in [0.1, 0.15) is 30.9 Å². The first kappa shape index (κ1) is 19.3. The second-order valence-electron chi connectivity index (χ2n) is 8.38. The molecule has 5 nitrogen and oxygen atoms in total. The normalized spacial score (nSPS) is 24.0. The molecule has 0 spiro atoms. The van der Waals surface area contributed by atoms with Crippen LogP contribution < -0.4 is 10.5 Å². The first-order chi connectivity index (χ1) is 14.7. The van der Waals surface area contributed by atoms with E-state index < -0.39 is 0 Å². The van der Waals surface area contributed by atoms with Gasteiger partial charge in [-0.2, -0.15) is 0 Å². The first-order valence-corrected chi connectivity index (χ1v) is 11.0. The Kier molecular flexibility index (Phi) is 5.32. The van der Waals surface area contributed by atoms with Gasteiger partial charge in [0.2, 0.25) is 0 Å². The summed E-state index contributed by atoms with van der Waals surface area (Å²) in [6, 6.07) is 4.79. The SMILES string of the molecule is CCOc1cc(CN2CCC(N)CC2)cc2c(C3=CC4C=CC=CC4O3)cncc12. The number of allylic oxidation sites excluding steroid dienone is 2. The van der Waals surface area contributed by atoms with Crippen LogP contribution in [0.2, 0.25) is 0 Å². The molecule has 3 aliphatic rings. The van der Waals surface area contributed by atoms with Gasteiger partial charge in [0.15, 0.2) is 0 Å². The van der Waals surface area contributed by atoms with Gasteiger partial charge in [0.1, 0.15) is 17.6 Å². The third-order valence-corrected chi connectivity index (χ3v) is 6.23. The summed E-state index contributed by atoms with van der Waals surface area (Å²) in [6.07, 6.45) is 16.7. The lowest BCUT2D eigenvalue weighted by molar-refractivity contribution is 0.205. The zero-order valence-corrected chi connectivity index (χ0v) is 17.5. The zero-order valence-electron chi connectivity index (χ0n) is 17.5. The number of aromatic nitrogens is 1. The summed E-state index contributed by atoms with van der Waals surface area (Å²) in [4.78, 5) is 6.99. The van der Waals surface area contributed by atoms with Crippen LogP contribution in [0.3, 0.4) is 0 Å². The van der Waals surface area contributed by atoms with Gasteiger partial charge in [-0.3, -0.25) is 9.88 Å². The number of piperidine rings is 1. The summed E-state index contributed by atoms with van der Waals surface area (Å²) < 4.78 is 12.3. The molecule has 5 rings (SSSR count). The molecule has 30 heavy (non-hydrogen) atoms. The molecule has 156 valence electrons. The molecule has 2 aromatic rings. The van der Waals surface area contributed by atoms with E-state index in [4.69, 9.17) is 15.2 Å². The second-order valence-corrected chi connectivity index (χ2v) is 8.38. The Bertz CT molecular complexity index is 1020. The molecule has 2 N–H and O–H groups in total.